The van der Waals surface area contributed by atoms with Crippen molar-refractivity contribution in [3.63, 3.8) is 0 Å². The number of amides is 2. The molecule has 0 spiro atoms. The van der Waals surface area contributed by atoms with E-state index < -0.39 is 30.1 Å². The van der Waals surface area contributed by atoms with Gasteiger partial charge < -0.3 is 10.2 Å². The van der Waals surface area contributed by atoms with Crippen LogP contribution < -0.4 is 5.32 Å². The van der Waals surface area contributed by atoms with E-state index in [2.05, 4.69) is 5.32 Å². The molecule has 1 aromatic rings. The van der Waals surface area contributed by atoms with Gasteiger partial charge in [-0.15, -0.1) is 11.3 Å². The van der Waals surface area contributed by atoms with Gasteiger partial charge in [0.25, 0.3) is 0 Å². The quantitative estimate of drug-likeness (QED) is 0.744. The number of hydrogen-bond acceptors (Lipinski definition) is 3. The Morgan fingerprint density at radius 2 is 1.68 bits per heavy atom. The molecule has 1 heterocycles. The molecule has 0 bridgehead atoms. The maximum absolute atomic E-state index is 13.4. The van der Waals surface area contributed by atoms with Crippen LogP contribution in [0.5, 0.6) is 0 Å². The van der Waals surface area contributed by atoms with Crippen molar-refractivity contribution in [2.24, 2.45) is 0 Å². The molecule has 1 aromatic heterocycles. The summed E-state index contributed by atoms with van der Waals surface area (Å²) in [7, 11) is 0. The van der Waals surface area contributed by atoms with E-state index in [9.17, 15) is 22.8 Å². The fourth-order valence-electron chi connectivity index (χ4n) is 4.34. The molecule has 1 atom stereocenters. The summed E-state index contributed by atoms with van der Waals surface area (Å²) < 4.78 is 40.3. The van der Waals surface area contributed by atoms with Crippen molar-refractivity contribution >= 4 is 23.2 Å². The van der Waals surface area contributed by atoms with Crippen molar-refractivity contribution in [2.45, 2.75) is 89.0 Å². The maximum Gasteiger partial charge on any atom is 0.471 e. The first kappa shape index (κ1) is 21.1. The molecule has 1 unspecified atom stereocenters. The number of alkyl halides is 3. The second-order valence-electron chi connectivity index (χ2n) is 7.84. The van der Waals surface area contributed by atoms with E-state index in [4.69, 9.17) is 0 Å². The zero-order chi connectivity index (χ0) is 20.3. The highest BCUT2D eigenvalue weighted by Crippen LogP contribution is 2.37. The number of carbonyl (C=O) groups is 2. The molecule has 4 nitrogen and oxygen atoms in total. The zero-order valence-electron chi connectivity index (χ0n) is 16.1. The molecule has 28 heavy (non-hydrogen) atoms. The first-order chi connectivity index (χ1) is 13.3. The van der Waals surface area contributed by atoms with Gasteiger partial charge >= 0.3 is 12.1 Å². The molecule has 2 saturated carbocycles. The van der Waals surface area contributed by atoms with E-state index in [0.717, 1.165) is 54.7 Å². The predicted octanol–water partition coefficient (Wildman–Crippen LogP) is 4.88. The van der Waals surface area contributed by atoms with Gasteiger partial charge in [-0.3, -0.25) is 9.59 Å². The molecule has 2 aliphatic carbocycles. The number of rotatable bonds is 5. The summed E-state index contributed by atoms with van der Waals surface area (Å²) in [6.45, 7) is 1.84. The van der Waals surface area contributed by atoms with E-state index in [1.807, 2.05) is 6.92 Å². The van der Waals surface area contributed by atoms with Gasteiger partial charge in [0, 0.05) is 21.8 Å². The molecule has 2 fully saturated rings. The number of nitrogens with one attached hydrogen (secondary N) is 1. The van der Waals surface area contributed by atoms with Gasteiger partial charge in [0.15, 0.2) is 0 Å². The summed E-state index contributed by atoms with van der Waals surface area (Å²) in [4.78, 5) is 27.8. The summed E-state index contributed by atoms with van der Waals surface area (Å²) in [5, 5.41) is 2.94. The Morgan fingerprint density at radius 1 is 1.07 bits per heavy atom. The molecular weight excluding hydrogens is 389 g/mol. The zero-order valence-corrected chi connectivity index (χ0v) is 16.9. The van der Waals surface area contributed by atoms with Crippen LogP contribution in [-0.2, 0) is 9.59 Å². The minimum absolute atomic E-state index is 0.0313. The summed E-state index contributed by atoms with van der Waals surface area (Å²) >= 11 is 1.28. The van der Waals surface area contributed by atoms with Crippen LogP contribution in [0.25, 0.3) is 0 Å². The Morgan fingerprint density at radius 3 is 2.21 bits per heavy atom. The second kappa shape index (κ2) is 8.84. The second-order valence-corrected chi connectivity index (χ2v) is 9.16. The molecule has 8 heteroatoms. The number of hydrogen-bond donors (Lipinski definition) is 1. The third-order valence-electron chi connectivity index (χ3n) is 5.70. The highest BCUT2D eigenvalue weighted by molar-refractivity contribution is 7.12. The largest absolute Gasteiger partial charge is 0.471 e. The number of thiophene rings is 1. The SMILES string of the molecule is Cc1ccc(C(C(=O)NC2CCCCC2)N(C(=O)C(F)(F)F)C2CCCC2)s1. The number of halogens is 3. The van der Waals surface area contributed by atoms with Gasteiger partial charge in [-0.1, -0.05) is 32.1 Å². The number of nitrogens with zero attached hydrogens (tertiary/aromatic N) is 1. The standard InChI is InChI=1S/C20H27F3N2O2S/c1-13-11-12-16(28-13)17(18(26)24-14-7-3-2-4-8-14)25(15-9-5-6-10-15)19(27)20(21,22)23/h11-12,14-15,17H,2-10H2,1H3,(H,24,26). The van der Waals surface area contributed by atoms with E-state index in [1.165, 1.54) is 11.3 Å². The van der Waals surface area contributed by atoms with Crippen molar-refractivity contribution in [3.05, 3.63) is 21.9 Å². The molecule has 0 aliphatic heterocycles. The fraction of sp³-hybridized carbons (Fsp3) is 0.700. The monoisotopic (exact) mass is 416 g/mol. The van der Waals surface area contributed by atoms with Crippen LogP contribution in [0.2, 0.25) is 0 Å². The van der Waals surface area contributed by atoms with E-state index in [0.29, 0.717) is 17.7 Å². The van der Waals surface area contributed by atoms with Gasteiger partial charge in [0.1, 0.15) is 6.04 Å². The van der Waals surface area contributed by atoms with Crippen LogP contribution in [0.1, 0.15) is 73.6 Å². The van der Waals surface area contributed by atoms with Gasteiger partial charge in [-0.25, -0.2) is 0 Å². The average molecular weight is 417 g/mol. The lowest BCUT2D eigenvalue weighted by atomic mass is 9.95. The third-order valence-corrected chi connectivity index (χ3v) is 6.76. The van der Waals surface area contributed by atoms with Crippen molar-refractivity contribution in [3.8, 4) is 0 Å². The Kier molecular flexibility index (Phi) is 6.68. The molecule has 2 aliphatic rings. The first-order valence-corrected chi connectivity index (χ1v) is 10.8. The Bertz CT molecular complexity index is 692. The summed E-state index contributed by atoms with van der Waals surface area (Å²) in [5.74, 6) is -2.40. The normalized spacial score (nSPS) is 20.1. The van der Waals surface area contributed by atoms with Crippen LogP contribution in [0, 0.1) is 6.92 Å². The molecule has 2 amide bonds. The molecule has 0 saturated heterocycles. The molecule has 0 aromatic carbocycles. The van der Waals surface area contributed by atoms with E-state index in [-0.39, 0.29) is 6.04 Å². The predicted molar refractivity (Wildman–Crippen MR) is 102 cm³/mol. The highest BCUT2D eigenvalue weighted by Gasteiger charge is 2.49. The Labute approximate surface area is 167 Å². The average Bonchev–Trinajstić information content (AvgIpc) is 3.30. The minimum atomic E-state index is -5.00. The lowest BCUT2D eigenvalue weighted by Crippen LogP contribution is -2.53. The molecule has 156 valence electrons. The van der Waals surface area contributed by atoms with Crippen LogP contribution in [0.4, 0.5) is 13.2 Å². The fourth-order valence-corrected chi connectivity index (χ4v) is 5.32. The maximum atomic E-state index is 13.4. The van der Waals surface area contributed by atoms with Gasteiger partial charge in [-0.2, -0.15) is 13.2 Å². The van der Waals surface area contributed by atoms with Crippen molar-refractivity contribution < 1.29 is 22.8 Å². The Balaban J connectivity index is 1.94. The highest BCUT2D eigenvalue weighted by atomic mass is 32.1. The number of carbonyl (C=O) groups excluding carboxylic acids is 2. The summed E-state index contributed by atoms with van der Waals surface area (Å²) in [6.07, 6.45) is 2.32. The lowest BCUT2D eigenvalue weighted by Gasteiger charge is -2.36. The molecule has 3 rings (SSSR count). The van der Waals surface area contributed by atoms with E-state index >= 15 is 0 Å². The van der Waals surface area contributed by atoms with Gasteiger partial charge in [0.05, 0.1) is 0 Å². The lowest BCUT2D eigenvalue weighted by molar-refractivity contribution is -0.191. The van der Waals surface area contributed by atoms with Crippen LogP contribution in [0.3, 0.4) is 0 Å². The Hall–Kier alpha value is -1.57. The van der Waals surface area contributed by atoms with Crippen LogP contribution in [-0.4, -0.2) is 35.0 Å². The summed E-state index contributed by atoms with van der Waals surface area (Å²) in [6, 6.07) is 1.65. The van der Waals surface area contributed by atoms with Gasteiger partial charge in [0.2, 0.25) is 5.91 Å². The minimum Gasteiger partial charge on any atom is -0.351 e. The van der Waals surface area contributed by atoms with Crippen LogP contribution in [0.15, 0.2) is 12.1 Å². The molecule has 1 N–H and O–H groups in total. The number of aryl methyl sites for hydroxylation is 1. The molecule has 0 radical (unpaired) electrons. The molecular formula is C20H27F3N2O2S. The smallest absolute Gasteiger partial charge is 0.351 e. The van der Waals surface area contributed by atoms with Crippen LogP contribution >= 0.6 is 11.3 Å². The van der Waals surface area contributed by atoms with Crippen molar-refractivity contribution in [2.75, 3.05) is 0 Å². The first-order valence-electron chi connectivity index (χ1n) is 10.0. The van der Waals surface area contributed by atoms with E-state index in [1.54, 1.807) is 12.1 Å². The third kappa shape index (κ3) is 4.88. The van der Waals surface area contributed by atoms with Gasteiger partial charge in [-0.05, 0) is 44.7 Å². The van der Waals surface area contributed by atoms with Crippen molar-refractivity contribution in [1.82, 2.24) is 10.2 Å². The summed E-state index contributed by atoms with van der Waals surface area (Å²) in [5.41, 5.74) is 0. The van der Waals surface area contributed by atoms with Crippen molar-refractivity contribution in [1.29, 1.82) is 0 Å². The topological polar surface area (TPSA) is 49.4 Å².